The average Bonchev–Trinajstić information content (AvgIpc) is 2.13. The number of nitrogens with zero attached hydrogens (tertiary/aromatic N) is 2. The summed E-state index contributed by atoms with van der Waals surface area (Å²) in [5, 5.41) is 3.40. The van der Waals surface area contributed by atoms with Gasteiger partial charge < -0.3 is 15.2 Å². The lowest BCUT2D eigenvalue weighted by Crippen LogP contribution is -2.40. The molecule has 1 aromatic heterocycles. The van der Waals surface area contributed by atoms with E-state index in [1.807, 2.05) is 11.9 Å². The highest BCUT2D eigenvalue weighted by molar-refractivity contribution is 5.35. The molecule has 0 spiro atoms. The Kier molecular flexibility index (Phi) is 4.28. The number of aryl methyl sites for hydroxylation is 1. The van der Waals surface area contributed by atoms with Crippen molar-refractivity contribution in [2.45, 2.75) is 33.2 Å². The first kappa shape index (κ1) is 13.7. The fourth-order valence-electron chi connectivity index (χ4n) is 1.47. The molecule has 0 fully saturated rings. The fraction of sp³-hybridized carbons (Fsp3) is 0.667. The summed E-state index contributed by atoms with van der Waals surface area (Å²) < 4.78 is 0. The quantitative estimate of drug-likeness (QED) is 0.818. The van der Waals surface area contributed by atoms with E-state index >= 15 is 0 Å². The molecular weight excluding hydrogens is 216 g/mol. The average molecular weight is 238 g/mol. The molecular formula is C12H22N4O. The smallest absolute Gasteiger partial charge is 0.252 e. The van der Waals surface area contributed by atoms with Crippen molar-refractivity contribution >= 4 is 5.82 Å². The van der Waals surface area contributed by atoms with E-state index < -0.39 is 0 Å². The van der Waals surface area contributed by atoms with Gasteiger partial charge in [0.25, 0.3) is 5.56 Å². The summed E-state index contributed by atoms with van der Waals surface area (Å²) in [6.45, 7) is 9.83. The van der Waals surface area contributed by atoms with Crippen LogP contribution in [-0.2, 0) is 0 Å². The standard InChI is InChI=1S/C12H22N4O/c1-9-14-10(8-11(17)15-9)16(5)7-6-13-12(2,3)4/h8,13H,6-7H2,1-5H3,(H,14,15,17). The molecule has 0 saturated carbocycles. The molecule has 0 radical (unpaired) electrons. The van der Waals surface area contributed by atoms with Crippen LogP contribution < -0.4 is 15.8 Å². The van der Waals surface area contributed by atoms with Crippen LogP contribution in [0.2, 0.25) is 0 Å². The van der Waals surface area contributed by atoms with E-state index in [0.717, 1.165) is 13.1 Å². The van der Waals surface area contributed by atoms with Crippen LogP contribution in [-0.4, -0.2) is 35.6 Å². The number of rotatable bonds is 4. The van der Waals surface area contributed by atoms with Gasteiger partial charge in [-0.1, -0.05) is 0 Å². The van der Waals surface area contributed by atoms with Gasteiger partial charge in [-0.05, 0) is 27.7 Å². The maximum atomic E-state index is 11.3. The minimum Gasteiger partial charge on any atom is -0.358 e. The lowest BCUT2D eigenvalue weighted by Gasteiger charge is -2.24. The Hall–Kier alpha value is -1.36. The number of aromatic amines is 1. The highest BCUT2D eigenvalue weighted by Crippen LogP contribution is 2.04. The molecule has 1 aromatic rings. The Morgan fingerprint density at radius 2 is 2.12 bits per heavy atom. The molecule has 0 aliphatic carbocycles. The lowest BCUT2D eigenvalue weighted by molar-refractivity contribution is 0.430. The Labute approximate surface area is 102 Å². The van der Waals surface area contributed by atoms with E-state index in [1.165, 1.54) is 6.07 Å². The first-order valence-corrected chi connectivity index (χ1v) is 5.82. The Bertz CT molecular complexity index is 419. The van der Waals surface area contributed by atoms with E-state index in [-0.39, 0.29) is 11.1 Å². The van der Waals surface area contributed by atoms with Gasteiger partial charge in [0.1, 0.15) is 11.6 Å². The highest BCUT2D eigenvalue weighted by Gasteiger charge is 2.09. The van der Waals surface area contributed by atoms with E-state index in [1.54, 1.807) is 6.92 Å². The van der Waals surface area contributed by atoms with Crippen LogP contribution in [0.1, 0.15) is 26.6 Å². The van der Waals surface area contributed by atoms with Gasteiger partial charge in [-0.2, -0.15) is 0 Å². The molecule has 0 bridgehead atoms. The summed E-state index contributed by atoms with van der Waals surface area (Å²) in [6, 6.07) is 1.52. The maximum Gasteiger partial charge on any atom is 0.252 e. The minimum atomic E-state index is -0.108. The van der Waals surface area contributed by atoms with E-state index in [2.05, 4.69) is 36.1 Å². The third kappa shape index (κ3) is 4.99. The number of hydrogen-bond acceptors (Lipinski definition) is 4. The van der Waals surface area contributed by atoms with Gasteiger partial charge in [0.2, 0.25) is 0 Å². The van der Waals surface area contributed by atoms with E-state index in [9.17, 15) is 4.79 Å². The van der Waals surface area contributed by atoms with Crippen molar-refractivity contribution in [3.8, 4) is 0 Å². The van der Waals surface area contributed by atoms with Crippen LogP contribution in [0.5, 0.6) is 0 Å². The molecule has 1 rings (SSSR count). The third-order valence-electron chi connectivity index (χ3n) is 2.34. The summed E-state index contributed by atoms with van der Waals surface area (Å²) in [7, 11) is 1.94. The van der Waals surface area contributed by atoms with Gasteiger partial charge in [-0.3, -0.25) is 4.79 Å². The zero-order chi connectivity index (χ0) is 13.1. The topological polar surface area (TPSA) is 61.0 Å². The summed E-state index contributed by atoms with van der Waals surface area (Å²) in [6.07, 6.45) is 0. The highest BCUT2D eigenvalue weighted by atomic mass is 16.1. The largest absolute Gasteiger partial charge is 0.358 e. The zero-order valence-corrected chi connectivity index (χ0v) is 11.3. The fourth-order valence-corrected chi connectivity index (χ4v) is 1.47. The summed E-state index contributed by atoms with van der Waals surface area (Å²) in [5.74, 6) is 1.35. The van der Waals surface area contributed by atoms with Crippen molar-refractivity contribution < 1.29 is 0 Å². The summed E-state index contributed by atoms with van der Waals surface area (Å²) in [4.78, 5) is 20.2. The maximum absolute atomic E-state index is 11.3. The van der Waals surface area contributed by atoms with Gasteiger partial charge in [0.05, 0.1) is 0 Å². The van der Waals surface area contributed by atoms with Crippen molar-refractivity contribution in [1.29, 1.82) is 0 Å². The van der Waals surface area contributed by atoms with Crippen LogP contribution in [0, 0.1) is 6.92 Å². The Balaban J connectivity index is 2.58. The minimum absolute atomic E-state index is 0.108. The molecule has 5 nitrogen and oxygen atoms in total. The first-order valence-electron chi connectivity index (χ1n) is 5.82. The Morgan fingerprint density at radius 3 is 2.65 bits per heavy atom. The number of likely N-dealkylation sites (N-methyl/N-ethyl adjacent to an activating group) is 1. The summed E-state index contributed by atoms with van der Waals surface area (Å²) in [5.41, 5.74) is 0.00126. The molecule has 0 unspecified atom stereocenters. The monoisotopic (exact) mass is 238 g/mol. The Morgan fingerprint density at radius 1 is 1.47 bits per heavy atom. The lowest BCUT2D eigenvalue weighted by atomic mass is 10.1. The predicted molar refractivity (Wildman–Crippen MR) is 70.6 cm³/mol. The van der Waals surface area contributed by atoms with Gasteiger partial charge >= 0.3 is 0 Å². The molecule has 0 aliphatic heterocycles. The molecule has 2 N–H and O–H groups in total. The van der Waals surface area contributed by atoms with Crippen LogP contribution in [0.25, 0.3) is 0 Å². The zero-order valence-electron chi connectivity index (χ0n) is 11.3. The second-order valence-corrected chi connectivity index (χ2v) is 5.29. The molecule has 17 heavy (non-hydrogen) atoms. The van der Waals surface area contributed by atoms with Crippen molar-refractivity contribution in [2.24, 2.45) is 0 Å². The van der Waals surface area contributed by atoms with Crippen molar-refractivity contribution in [3.63, 3.8) is 0 Å². The van der Waals surface area contributed by atoms with Crippen molar-refractivity contribution in [2.75, 3.05) is 25.0 Å². The molecule has 1 heterocycles. The molecule has 0 atom stereocenters. The van der Waals surface area contributed by atoms with Crippen LogP contribution in [0.15, 0.2) is 10.9 Å². The molecule has 0 aliphatic rings. The van der Waals surface area contributed by atoms with Gasteiger partial charge in [0, 0.05) is 31.7 Å². The van der Waals surface area contributed by atoms with E-state index in [4.69, 9.17) is 0 Å². The molecule has 96 valence electrons. The summed E-state index contributed by atoms with van der Waals surface area (Å²) >= 11 is 0. The number of hydrogen-bond donors (Lipinski definition) is 2. The number of aromatic nitrogens is 2. The number of nitrogens with one attached hydrogen (secondary N) is 2. The second kappa shape index (κ2) is 5.31. The SMILES string of the molecule is Cc1nc(N(C)CCNC(C)(C)C)cc(=O)[nH]1. The number of H-pyrrole nitrogens is 1. The molecule has 0 amide bonds. The third-order valence-corrected chi connectivity index (χ3v) is 2.34. The van der Waals surface area contributed by atoms with E-state index in [0.29, 0.717) is 11.6 Å². The molecule has 5 heteroatoms. The predicted octanol–water partition coefficient (Wildman–Crippen LogP) is 0.903. The normalized spacial score (nSPS) is 11.6. The molecule has 0 aromatic carbocycles. The van der Waals surface area contributed by atoms with Gasteiger partial charge in [-0.15, -0.1) is 0 Å². The van der Waals surface area contributed by atoms with Gasteiger partial charge in [0.15, 0.2) is 0 Å². The number of anilines is 1. The van der Waals surface area contributed by atoms with Gasteiger partial charge in [-0.25, -0.2) is 4.98 Å². The van der Waals surface area contributed by atoms with Crippen LogP contribution in [0.4, 0.5) is 5.82 Å². The molecule has 0 saturated heterocycles. The second-order valence-electron chi connectivity index (χ2n) is 5.29. The first-order chi connectivity index (χ1) is 7.78. The van der Waals surface area contributed by atoms with Crippen molar-refractivity contribution in [1.82, 2.24) is 15.3 Å². The van der Waals surface area contributed by atoms with Crippen LogP contribution in [0.3, 0.4) is 0 Å². The van der Waals surface area contributed by atoms with Crippen molar-refractivity contribution in [3.05, 3.63) is 22.2 Å². The van der Waals surface area contributed by atoms with Crippen LogP contribution >= 0.6 is 0 Å².